The number of carbonyl (C=O) groups excluding carboxylic acids is 1. The highest BCUT2D eigenvalue weighted by Gasteiger charge is 2.37. The topological polar surface area (TPSA) is 89.3 Å². The number of aromatic nitrogens is 2. The predicted molar refractivity (Wildman–Crippen MR) is 149 cm³/mol. The van der Waals surface area contributed by atoms with E-state index in [2.05, 4.69) is 14.5 Å². The number of β-amino-alcohol motifs (C(OH)–C–C–N with tert-alkyl or cyclic N) is 1. The monoisotopic (exact) mass is 536 g/mol. The molecule has 0 spiro atoms. The van der Waals surface area contributed by atoms with Gasteiger partial charge in [0.05, 0.1) is 20.3 Å². The van der Waals surface area contributed by atoms with Crippen LogP contribution in [0.1, 0.15) is 30.3 Å². The first-order chi connectivity index (χ1) is 18.7. The number of methoxy groups -OCH3 is 1. The first kappa shape index (κ1) is 28.4. The van der Waals surface area contributed by atoms with Crippen molar-refractivity contribution in [3.8, 4) is 17.2 Å². The highest BCUT2D eigenvalue weighted by molar-refractivity contribution is 5.73. The Hall–Kier alpha value is -3.56. The summed E-state index contributed by atoms with van der Waals surface area (Å²) < 4.78 is 19.7. The van der Waals surface area contributed by atoms with Gasteiger partial charge in [-0.3, -0.25) is 9.69 Å². The Morgan fingerprint density at radius 3 is 2.54 bits per heavy atom. The van der Waals surface area contributed by atoms with Gasteiger partial charge >= 0.3 is 0 Å². The van der Waals surface area contributed by atoms with Crippen LogP contribution in [0.4, 0.5) is 0 Å². The molecule has 1 aromatic heterocycles. The summed E-state index contributed by atoms with van der Waals surface area (Å²) in [4.78, 5) is 20.4. The lowest BCUT2D eigenvalue weighted by Gasteiger charge is -2.32. The van der Waals surface area contributed by atoms with Crippen LogP contribution in [0.3, 0.4) is 0 Å². The molecule has 9 heteroatoms. The molecule has 1 fully saturated rings. The second-order valence-electron chi connectivity index (χ2n) is 10.3. The van der Waals surface area contributed by atoms with Gasteiger partial charge in [-0.25, -0.2) is 4.98 Å². The van der Waals surface area contributed by atoms with E-state index in [1.54, 1.807) is 18.2 Å². The van der Waals surface area contributed by atoms with E-state index in [0.717, 1.165) is 29.9 Å². The molecule has 210 valence electrons. The number of carbonyl (C=O) groups is 1. The quantitative estimate of drug-likeness (QED) is 0.376. The average Bonchev–Trinajstić information content (AvgIpc) is 3.24. The van der Waals surface area contributed by atoms with Crippen molar-refractivity contribution >= 4 is 5.91 Å². The molecule has 0 radical (unpaired) electrons. The number of ether oxygens (including phenoxy) is 3. The van der Waals surface area contributed by atoms with Gasteiger partial charge in [0.2, 0.25) is 5.91 Å². The van der Waals surface area contributed by atoms with Crippen LogP contribution >= 0.6 is 0 Å². The summed E-state index contributed by atoms with van der Waals surface area (Å²) in [6.07, 6.45) is 4.61. The number of imidazole rings is 1. The summed E-state index contributed by atoms with van der Waals surface area (Å²) in [7, 11) is 1.63. The number of hydrogen-bond donors (Lipinski definition) is 1. The van der Waals surface area contributed by atoms with Crippen molar-refractivity contribution in [1.82, 2.24) is 19.4 Å². The smallest absolute Gasteiger partial charge is 0.219 e. The van der Waals surface area contributed by atoms with Crippen LogP contribution in [0.25, 0.3) is 0 Å². The molecule has 2 aromatic carbocycles. The van der Waals surface area contributed by atoms with E-state index < -0.39 is 5.60 Å². The van der Waals surface area contributed by atoms with Crippen molar-refractivity contribution < 1.29 is 24.1 Å². The summed E-state index contributed by atoms with van der Waals surface area (Å²) in [5, 5.41) is 11.6. The highest BCUT2D eigenvalue weighted by Crippen LogP contribution is 2.29. The number of aryl methyl sites for hydroxylation is 3. The van der Waals surface area contributed by atoms with Gasteiger partial charge in [-0.15, -0.1) is 0 Å². The van der Waals surface area contributed by atoms with Crippen molar-refractivity contribution in [1.29, 1.82) is 0 Å². The molecular formula is C30H40N4O5. The molecule has 1 amide bonds. The molecule has 39 heavy (non-hydrogen) atoms. The van der Waals surface area contributed by atoms with Crippen LogP contribution in [-0.4, -0.2) is 82.5 Å². The van der Waals surface area contributed by atoms with Gasteiger partial charge in [-0.2, -0.15) is 0 Å². The number of aliphatic hydroxyl groups is 1. The highest BCUT2D eigenvalue weighted by atomic mass is 16.5. The van der Waals surface area contributed by atoms with E-state index in [4.69, 9.17) is 14.2 Å². The van der Waals surface area contributed by atoms with Crippen LogP contribution in [0.2, 0.25) is 0 Å². The molecule has 3 aromatic rings. The Bertz CT molecular complexity index is 1230. The zero-order chi connectivity index (χ0) is 27.8. The Balaban J connectivity index is 1.41. The standard InChI is InChI=1S/C30H40N4O5/c1-23-6-9-27(10-7-23)39-22-30(36)20-32(15-16-34(21-30)25(3)35)19-26-8-11-28(37-4)29(18-26)38-17-5-13-33-14-12-31-24(33)2/h6-12,14,18,36H,5,13,15-17,19-22H2,1-4H3/t30-/m0/s1. The van der Waals surface area contributed by atoms with Crippen molar-refractivity contribution in [2.45, 2.75) is 45.9 Å². The zero-order valence-electron chi connectivity index (χ0n) is 23.4. The van der Waals surface area contributed by atoms with E-state index in [-0.39, 0.29) is 19.1 Å². The maximum atomic E-state index is 12.3. The fourth-order valence-corrected chi connectivity index (χ4v) is 4.84. The summed E-state index contributed by atoms with van der Waals surface area (Å²) in [6.45, 7) is 9.36. The van der Waals surface area contributed by atoms with Crippen LogP contribution in [0.5, 0.6) is 17.2 Å². The fourth-order valence-electron chi connectivity index (χ4n) is 4.84. The van der Waals surface area contributed by atoms with Gasteiger partial charge in [-0.05, 0) is 50.1 Å². The van der Waals surface area contributed by atoms with Gasteiger partial charge in [0, 0.05) is 52.0 Å². The first-order valence-corrected chi connectivity index (χ1v) is 13.4. The molecule has 0 unspecified atom stereocenters. The zero-order valence-corrected chi connectivity index (χ0v) is 23.4. The predicted octanol–water partition coefficient (Wildman–Crippen LogP) is 3.45. The normalized spacial score (nSPS) is 18.0. The molecule has 4 rings (SSSR count). The molecule has 0 aliphatic carbocycles. The van der Waals surface area contributed by atoms with Crippen molar-refractivity contribution in [3.63, 3.8) is 0 Å². The number of rotatable bonds is 11. The molecule has 0 bridgehead atoms. The Kier molecular flexibility index (Phi) is 9.48. The van der Waals surface area contributed by atoms with E-state index >= 15 is 0 Å². The molecule has 1 aliphatic heterocycles. The average molecular weight is 537 g/mol. The van der Waals surface area contributed by atoms with Crippen molar-refractivity contribution in [3.05, 3.63) is 71.8 Å². The second kappa shape index (κ2) is 13.0. The third-order valence-electron chi connectivity index (χ3n) is 7.02. The Labute approximate surface area is 230 Å². The minimum atomic E-state index is -1.22. The lowest BCUT2D eigenvalue weighted by atomic mass is 10.0. The summed E-state index contributed by atoms with van der Waals surface area (Å²) in [6, 6.07) is 13.7. The van der Waals surface area contributed by atoms with Crippen molar-refractivity contribution in [2.75, 3.05) is 46.5 Å². The lowest BCUT2D eigenvalue weighted by molar-refractivity contribution is -0.132. The fraction of sp³-hybridized carbons (Fsp3) is 0.467. The number of hydrogen-bond acceptors (Lipinski definition) is 7. The van der Waals surface area contributed by atoms with Gasteiger partial charge < -0.3 is 28.8 Å². The van der Waals surface area contributed by atoms with Gasteiger partial charge in [0.25, 0.3) is 0 Å². The first-order valence-electron chi connectivity index (χ1n) is 13.4. The van der Waals surface area contributed by atoms with Crippen LogP contribution in [0, 0.1) is 13.8 Å². The van der Waals surface area contributed by atoms with Crippen LogP contribution in [-0.2, 0) is 17.9 Å². The largest absolute Gasteiger partial charge is 0.493 e. The number of nitrogens with zero attached hydrogens (tertiary/aromatic N) is 4. The molecule has 9 nitrogen and oxygen atoms in total. The summed E-state index contributed by atoms with van der Waals surface area (Å²) in [5.74, 6) is 2.99. The lowest BCUT2D eigenvalue weighted by Crippen LogP contribution is -2.51. The van der Waals surface area contributed by atoms with Crippen LogP contribution in [0.15, 0.2) is 54.9 Å². The van der Waals surface area contributed by atoms with Gasteiger partial charge in [0.1, 0.15) is 23.8 Å². The number of benzene rings is 2. The third-order valence-corrected chi connectivity index (χ3v) is 7.02. The van der Waals surface area contributed by atoms with Gasteiger partial charge in [0.15, 0.2) is 11.5 Å². The third kappa shape index (κ3) is 7.97. The second-order valence-corrected chi connectivity index (χ2v) is 10.3. The van der Waals surface area contributed by atoms with E-state index in [0.29, 0.717) is 50.0 Å². The van der Waals surface area contributed by atoms with E-state index in [1.807, 2.05) is 62.5 Å². The Morgan fingerprint density at radius 1 is 1.05 bits per heavy atom. The molecule has 1 aliphatic rings. The van der Waals surface area contributed by atoms with Gasteiger partial charge in [-0.1, -0.05) is 23.8 Å². The molecule has 1 saturated heterocycles. The summed E-state index contributed by atoms with van der Waals surface area (Å²) in [5.41, 5.74) is 0.958. The minimum Gasteiger partial charge on any atom is -0.493 e. The molecule has 2 heterocycles. The minimum absolute atomic E-state index is 0.0587. The van der Waals surface area contributed by atoms with Crippen LogP contribution < -0.4 is 14.2 Å². The number of amides is 1. The summed E-state index contributed by atoms with van der Waals surface area (Å²) >= 11 is 0. The van der Waals surface area contributed by atoms with E-state index in [9.17, 15) is 9.90 Å². The maximum absolute atomic E-state index is 12.3. The van der Waals surface area contributed by atoms with Crippen molar-refractivity contribution in [2.24, 2.45) is 0 Å². The molecule has 1 N–H and O–H groups in total. The maximum Gasteiger partial charge on any atom is 0.219 e. The molecule has 0 saturated carbocycles. The molecular weight excluding hydrogens is 496 g/mol. The van der Waals surface area contributed by atoms with E-state index in [1.165, 1.54) is 6.92 Å². The molecule has 1 atom stereocenters. The SMILES string of the molecule is COc1ccc(CN2CCN(C(C)=O)C[C@](O)(COc3ccc(C)cc3)C2)cc1OCCCn1ccnc1C. The Morgan fingerprint density at radius 2 is 1.85 bits per heavy atom.